The Morgan fingerprint density at radius 3 is 1.43 bits per heavy atom. The summed E-state index contributed by atoms with van der Waals surface area (Å²) in [6, 6.07) is 57.7. The van der Waals surface area contributed by atoms with Crippen LogP contribution in [0.15, 0.2) is 206 Å². The van der Waals surface area contributed by atoms with Gasteiger partial charge in [-0.1, -0.05) is 202 Å². The van der Waals surface area contributed by atoms with Gasteiger partial charge in [0.1, 0.15) is 98.6 Å². The molecule has 3 amide bonds. The number of benzene rings is 7. The zero-order chi connectivity index (χ0) is 91.5. The standard InChI is InChI=1S/C96H112N2O30Si/c1-58(99)97-76-71(117-60(3)101)48-96(94(107)108-8,127-82(76)78(119-62(5)103)74(118-61(4)102)56-112-59(2)100)128-85-80(123-91-77(98-88(104)69-44-30-31-45-70(69)89(98)105)83-81(125-95(6,7)126-83)75(120-91)57-116-90(106)68-42-28-17-29-43-68)73(55-110-50-64-34-20-13-21-35-64)122-93(87(85)115-53-67-40-26-16-27-41-67)124-79-72(54-109-49-63-32-18-12-19-33-63)121-92(111-46-47-129(9,10)11)86(114-52-66-38-24-15-25-39-66)84(79)113-51-65-36-22-14-23-37-65/h12-45,71-87,91-93H,46-57H2,1-11H3,(H,97,99)/t71-,72+,73+,74+,75+,76+,77+,78+,79+,80-,81-,82+,83+,84-,85-,86+,87+,91-,92+,93-,96-/m0/s1. The molecule has 690 valence electrons. The average Bonchev–Trinajstić information content (AvgIpc) is 1.64. The molecule has 0 bridgehead atoms. The molecule has 0 radical (unpaired) electrons. The number of hydrogen-bond donors (Lipinski definition) is 1. The van der Waals surface area contributed by atoms with E-state index in [2.05, 4.69) is 25.0 Å². The molecular weight excluding hydrogens is 1690 g/mol. The Hall–Kier alpha value is -10.4. The van der Waals surface area contributed by atoms with Crippen molar-refractivity contribution in [3.8, 4) is 0 Å². The molecule has 5 fully saturated rings. The summed E-state index contributed by atoms with van der Waals surface area (Å²) in [6.45, 7) is 12.5. The summed E-state index contributed by atoms with van der Waals surface area (Å²) in [5, 5.41) is 2.74. The highest BCUT2D eigenvalue weighted by atomic mass is 28.3. The number of nitrogens with one attached hydrogen (secondary N) is 1. The lowest BCUT2D eigenvalue weighted by atomic mass is 9.87. The Morgan fingerprint density at radius 1 is 0.481 bits per heavy atom. The third-order valence-corrected chi connectivity index (χ3v) is 24.0. The third-order valence-electron chi connectivity index (χ3n) is 22.3. The first-order valence-electron chi connectivity index (χ1n) is 43.0. The molecule has 129 heavy (non-hydrogen) atoms. The molecule has 0 aromatic heterocycles. The molecule has 0 unspecified atom stereocenters. The Labute approximate surface area is 749 Å². The van der Waals surface area contributed by atoms with Crippen LogP contribution in [0.5, 0.6) is 0 Å². The molecule has 5 saturated heterocycles. The fourth-order valence-electron chi connectivity index (χ4n) is 16.5. The van der Waals surface area contributed by atoms with Gasteiger partial charge in [0.05, 0.1) is 82.5 Å². The maximum absolute atomic E-state index is 16.4. The number of fused-ring (bicyclic) bond motifs is 2. The largest absolute Gasteiger partial charge is 0.465 e. The quantitative estimate of drug-likeness (QED) is 0.0161. The molecule has 33 heteroatoms. The molecule has 6 aliphatic heterocycles. The molecule has 0 saturated carbocycles. The summed E-state index contributed by atoms with van der Waals surface area (Å²) < 4.78 is 145. The first-order valence-corrected chi connectivity index (χ1v) is 46.7. The fraction of sp³-hybridized carbons (Fsp3) is 0.469. The van der Waals surface area contributed by atoms with Crippen molar-refractivity contribution in [3.63, 3.8) is 0 Å². The lowest BCUT2D eigenvalue weighted by molar-refractivity contribution is -0.407. The Bertz CT molecular complexity index is 4850. The van der Waals surface area contributed by atoms with E-state index in [0.29, 0.717) is 17.2 Å². The number of imide groups is 1. The minimum absolute atomic E-state index is 0.00268. The van der Waals surface area contributed by atoms with Gasteiger partial charge in [-0.2, -0.15) is 0 Å². The van der Waals surface area contributed by atoms with Crippen molar-refractivity contribution in [2.24, 2.45) is 0 Å². The van der Waals surface area contributed by atoms with Gasteiger partial charge in [-0.25, -0.2) is 9.59 Å². The molecule has 0 aliphatic carbocycles. The zero-order valence-corrected chi connectivity index (χ0v) is 74.9. The van der Waals surface area contributed by atoms with Crippen molar-refractivity contribution in [2.45, 2.75) is 248 Å². The number of rotatable bonds is 40. The summed E-state index contributed by atoms with van der Waals surface area (Å²) in [5.41, 5.74) is 3.65. The van der Waals surface area contributed by atoms with Crippen molar-refractivity contribution in [2.75, 3.05) is 40.1 Å². The van der Waals surface area contributed by atoms with Crippen molar-refractivity contribution >= 4 is 61.6 Å². The van der Waals surface area contributed by atoms with Gasteiger partial charge in [0.15, 0.2) is 36.9 Å². The van der Waals surface area contributed by atoms with Gasteiger partial charge in [0, 0.05) is 49.3 Å². The van der Waals surface area contributed by atoms with Crippen molar-refractivity contribution < 1.29 is 143 Å². The molecule has 6 aliphatic rings. The van der Waals surface area contributed by atoms with Crippen LogP contribution in [0, 0.1) is 0 Å². The van der Waals surface area contributed by atoms with Crippen molar-refractivity contribution in [1.82, 2.24) is 10.2 Å². The molecule has 7 aromatic rings. The molecule has 6 heterocycles. The van der Waals surface area contributed by atoms with E-state index in [9.17, 15) is 28.8 Å². The number of carbonyl (C=O) groups is 9. The van der Waals surface area contributed by atoms with E-state index in [0.717, 1.165) is 63.3 Å². The van der Waals surface area contributed by atoms with Gasteiger partial charge < -0.3 is 105 Å². The summed E-state index contributed by atoms with van der Waals surface area (Å²) in [4.78, 5) is 131. The summed E-state index contributed by atoms with van der Waals surface area (Å²) in [5.74, 6) is -13.4. The molecule has 0 spiro atoms. The summed E-state index contributed by atoms with van der Waals surface area (Å²) in [6.07, 6.45) is -31.1. The number of nitrogens with zero attached hydrogens (tertiary/aromatic N) is 1. The van der Waals surface area contributed by atoms with Crippen LogP contribution in [-0.4, -0.2) is 241 Å². The average molecular weight is 1800 g/mol. The van der Waals surface area contributed by atoms with Crippen LogP contribution in [0.2, 0.25) is 25.7 Å². The van der Waals surface area contributed by atoms with Crippen LogP contribution in [0.1, 0.15) is 114 Å². The minimum atomic E-state index is -3.17. The second kappa shape index (κ2) is 44.5. The minimum Gasteiger partial charge on any atom is -0.465 e. The van der Waals surface area contributed by atoms with Gasteiger partial charge in [-0.15, -0.1) is 0 Å². The lowest BCUT2D eigenvalue weighted by Gasteiger charge is -2.54. The van der Waals surface area contributed by atoms with E-state index in [1.807, 2.05) is 121 Å². The fourth-order valence-corrected chi connectivity index (χ4v) is 17.2. The van der Waals surface area contributed by atoms with E-state index in [4.69, 9.17) is 99.5 Å². The monoisotopic (exact) mass is 1800 g/mol. The predicted octanol–water partition coefficient (Wildman–Crippen LogP) is 10.4. The Kier molecular flexibility index (Phi) is 33.1. The number of methoxy groups -OCH3 is 1. The van der Waals surface area contributed by atoms with Crippen LogP contribution in [-0.2, 0) is 161 Å². The summed E-state index contributed by atoms with van der Waals surface area (Å²) >= 11 is 0. The second-order valence-corrected chi connectivity index (χ2v) is 39.5. The lowest BCUT2D eigenvalue weighted by Crippen LogP contribution is -2.73. The number of esters is 6. The first kappa shape index (κ1) is 96.2. The van der Waals surface area contributed by atoms with E-state index in [1.165, 1.54) is 12.1 Å². The number of carbonyl (C=O) groups excluding carboxylic acids is 9. The molecule has 1 N–H and O–H groups in total. The third kappa shape index (κ3) is 25.2. The highest BCUT2D eigenvalue weighted by molar-refractivity contribution is 6.76. The molecular formula is C96H112N2O30Si. The second-order valence-electron chi connectivity index (χ2n) is 33.9. The van der Waals surface area contributed by atoms with Crippen molar-refractivity contribution in [3.05, 3.63) is 251 Å². The van der Waals surface area contributed by atoms with Gasteiger partial charge >= 0.3 is 35.8 Å². The van der Waals surface area contributed by atoms with E-state index in [1.54, 1.807) is 86.6 Å². The van der Waals surface area contributed by atoms with E-state index in [-0.39, 0.29) is 62.9 Å². The zero-order valence-electron chi connectivity index (χ0n) is 73.9. The number of hydrogen-bond acceptors (Lipinski definition) is 30. The van der Waals surface area contributed by atoms with Crippen LogP contribution >= 0.6 is 0 Å². The van der Waals surface area contributed by atoms with E-state index >= 15 is 14.4 Å². The predicted molar refractivity (Wildman–Crippen MR) is 458 cm³/mol. The number of amides is 3. The smallest absolute Gasteiger partial charge is 0.366 e. The topological polar surface area (TPSA) is 363 Å². The van der Waals surface area contributed by atoms with Crippen LogP contribution < -0.4 is 5.32 Å². The first-order chi connectivity index (χ1) is 62.0. The van der Waals surface area contributed by atoms with Crippen molar-refractivity contribution in [1.29, 1.82) is 0 Å². The van der Waals surface area contributed by atoms with Gasteiger partial charge in [0.25, 0.3) is 17.6 Å². The molecule has 7 aromatic carbocycles. The molecule has 13 rings (SSSR count). The van der Waals surface area contributed by atoms with Gasteiger partial charge in [-0.05, 0) is 72.0 Å². The molecule has 21 atom stereocenters. The van der Waals surface area contributed by atoms with Gasteiger partial charge in [0.2, 0.25) is 5.91 Å². The SMILES string of the molecule is COC(=O)[C@@]1(O[C@H]2[C@@H](O[C@@H]3O[C@H](COC(=O)c4ccccc4)[C@@H]4OC(C)(C)O[C@@H]4[C@H]3N3C(=O)c4ccccc4C3=O)[C@@H](COCc3ccccc3)O[C@@H](O[C@H]3[C@H](OCc4ccccc4)[C@@H](OCc4ccccc4)[C@H](OCC[Si](C)(C)C)O[C@@H]3COCc3ccccc3)[C@@H]2OCc2ccccc2)C[C@H](OC(C)=O)[C@@H](NC(C)=O)[C@H]([C@H](OC(C)=O)[C@@H](COC(C)=O)OC(C)=O)O1. The normalized spacial score (nSPS) is 27.5. The Balaban J connectivity index is 1.06. The molecule has 32 nitrogen and oxygen atoms in total. The highest BCUT2D eigenvalue weighted by Gasteiger charge is 2.67. The van der Waals surface area contributed by atoms with Crippen LogP contribution in [0.4, 0.5) is 0 Å². The van der Waals surface area contributed by atoms with Crippen LogP contribution in [0.25, 0.3) is 0 Å². The maximum Gasteiger partial charge on any atom is 0.366 e. The number of ether oxygens (including phenoxy) is 21. The van der Waals surface area contributed by atoms with Crippen LogP contribution in [0.3, 0.4) is 0 Å². The highest BCUT2D eigenvalue weighted by Crippen LogP contribution is 2.47. The summed E-state index contributed by atoms with van der Waals surface area (Å²) in [7, 11) is -0.866. The maximum atomic E-state index is 16.4. The van der Waals surface area contributed by atoms with E-state index < -0.39 is 222 Å². The van der Waals surface area contributed by atoms with Gasteiger partial charge in [-0.3, -0.25) is 38.5 Å². The Morgan fingerprint density at radius 2 is 0.938 bits per heavy atom.